The van der Waals surface area contributed by atoms with Crippen molar-refractivity contribution in [2.24, 2.45) is 5.73 Å². The second kappa shape index (κ2) is 4.04. The Morgan fingerprint density at radius 3 is 2.53 bits per heavy atom. The Bertz CT molecular complexity index is 471. The monoisotopic (exact) mass is 227 g/mol. The third-order valence-electron chi connectivity index (χ3n) is 3.88. The van der Waals surface area contributed by atoms with E-state index in [2.05, 4.69) is 30.3 Å². The van der Waals surface area contributed by atoms with E-state index in [1.807, 2.05) is 6.07 Å². The van der Waals surface area contributed by atoms with Crippen LogP contribution in [-0.4, -0.2) is 6.04 Å². The molecule has 1 fully saturated rings. The van der Waals surface area contributed by atoms with Gasteiger partial charge in [0.1, 0.15) is 0 Å². The van der Waals surface area contributed by atoms with Crippen LogP contribution in [0.3, 0.4) is 0 Å². The minimum Gasteiger partial charge on any atom is -0.472 e. The molecule has 3 rings (SSSR count). The molecule has 0 saturated heterocycles. The molecule has 1 aliphatic carbocycles. The molecule has 2 aromatic rings. The predicted octanol–water partition coefficient (Wildman–Crippen LogP) is 2.88. The molecular weight excluding hydrogens is 210 g/mol. The SMILES string of the molecule is NC(Cc1ccoc1)C1(c2ccccc2)CC1. The van der Waals surface area contributed by atoms with Crippen molar-refractivity contribution in [3.63, 3.8) is 0 Å². The molecule has 17 heavy (non-hydrogen) atoms. The lowest BCUT2D eigenvalue weighted by molar-refractivity contribution is 0.507. The minimum absolute atomic E-state index is 0.183. The quantitative estimate of drug-likeness (QED) is 0.872. The largest absolute Gasteiger partial charge is 0.472 e. The Hall–Kier alpha value is -1.54. The van der Waals surface area contributed by atoms with Crippen molar-refractivity contribution in [1.82, 2.24) is 0 Å². The topological polar surface area (TPSA) is 39.2 Å². The van der Waals surface area contributed by atoms with Crippen molar-refractivity contribution in [2.75, 3.05) is 0 Å². The average Bonchev–Trinajstić information content (AvgIpc) is 3.04. The zero-order valence-corrected chi connectivity index (χ0v) is 9.80. The lowest BCUT2D eigenvalue weighted by Gasteiger charge is -2.23. The van der Waals surface area contributed by atoms with Gasteiger partial charge in [-0.1, -0.05) is 30.3 Å². The number of hydrogen-bond donors (Lipinski definition) is 1. The number of furan rings is 1. The summed E-state index contributed by atoms with van der Waals surface area (Å²) in [6.07, 6.45) is 6.81. The molecule has 1 aromatic carbocycles. The molecule has 0 aliphatic heterocycles. The zero-order valence-electron chi connectivity index (χ0n) is 9.80. The van der Waals surface area contributed by atoms with E-state index >= 15 is 0 Å². The Balaban J connectivity index is 1.80. The van der Waals surface area contributed by atoms with Crippen molar-refractivity contribution in [1.29, 1.82) is 0 Å². The van der Waals surface area contributed by atoms with Gasteiger partial charge in [0.2, 0.25) is 0 Å². The Kier molecular flexibility index (Phi) is 2.52. The van der Waals surface area contributed by atoms with Crippen molar-refractivity contribution < 1.29 is 4.42 Å². The summed E-state index contributed by atoms with van der Waals surface area (Å²) < 4.78 is 5.10. The van der Waals surface area contributed by atoms with Crippen LogP contribution < -0.4 is 5.73 Å². The molecular formula is C15H17NO. The van der Waals surface area contributed by atoms with E-state index < -0.39 is 0 Å². The average molecular weight is 227 g/mol. The first-order chi connectivity index (χ1) is 8.31. The summed E-state index contributed by atoms with van der Waals surface area (Å²) in [6.45, 7) is 0. The summed E-state index contributed by atoms with van der Waals surface area (Å²) in [5.41, 5.74) is 9.18. The van der Waals surface area contributed by atoms with E-state index in [0.717, 1.165) is 6.42 Å². The molecule has 1 aromatic heterocycles. The summed E-state index contributed by atoms with van der Waals surface area (Å²) >= 11 is 0. The maximum Gasteiger partial charge on any atom is 0.0935 e. The predicted molar refractivity (Wildman–Crippen MR) is 67.7 cm³/mol. The van der Waals surface area contributed by atoms with Crippen LogP contribution in [0.2, 0.25) is 0 Å². The third kappa shape index (κ3) is 1.89. The van der Waals surface area contributed by atoms with E-state index in [9.17, 15) is 0 Å². The number of rotatable bonds is 4. The van der Waals surface area contributed by atoms with Crippen LogP contribution in [0.1, 0.15) is 24.0 Å². The van der Waals surface area contributed by atoms with Gasteiger partial charge in [0.25, 0.3) is 0 Å². The van der Waals surface area contributed by atoms with E-state index in [0.29, 0.717) is 0 Å². The van der Waals surface area contributed by atoms with Gasteiger partial charge < -0.3 is 10.2 Å². The summed E-state index contributed by atoms with van der Waals surface area (Å²) in [5, 5.41) is 0. The molecule has 1 aliphatic rings. The summed E-state index contributed by atoms with van der Waals surface area (Å²) in [7, 11) is 0. The summed E-state index contributed by atoms with van der Waals surface area (Å²) in [6, 6.07) is 12.8. The van der Waals surface area contributed by atoms with Crippen LogP contribution >= 0.6 is 0 Å². The van der Waals surface area contributed by atoms with Gasteiger partial charge >= 0.3 is 0 Å². The van der Waals surface area contributed by atoms with Crippen LogP contribution in [0.15, 0.2) is 53.3 Å². The molecule has 1 heterocycles. The second-order valence-electron chi connectivity index (χ2n) is 4.96. The normalized spacial score (nSPS) is 18.9. The van der Waals surface area contributed by atoms with Crippen LogP contribution in [0.5, 0.6) is 0 Å². The molecule has 1 unspecified atom stereocenters. The molecule has 1 saturated carbocycles. The maximum atomic E-state index is 6.40. The molecule has 2 N–H and O–H groups in total. The van der Waals surface area contributed by atoms with Crippen molar-refractivity contribution in [2.45, 2.75) is 30.7 Å². The fourth-order valence-corrected chi connectivity index (χ4v) is 2.64. The van der Waals surface area contributed by atoms with Crippen molar-refractivity contribution >= 4 is 0 Å². The highest BCUT2D eigenvalue weighted by atomic mass is 16.3. The molecule has 2 nitrogen and oxygen atoms in total. The highest BCUT2D eigenvalue weighted by molar-refractivity contribution is 5.34. The van der Waals surface area contributed by atoms with Gasteiger partial charge in [-0.3, -0.25) is 0 Å². The standard InChI is InChI=1S/C15H17NO/c16-14(10-12-6-9-17-11-12)15(7-8-15)13-4-2-1-3-5-13/h1-6,9,11,14H,7-8,10,16H2. The van der Waals surface area contributed by atoms with Crippen molar-refractivity contribution in [3.8, 4) is 0 Å². The van der Waals surface area contributed by atoms with Crippen LogP contribution in [0.4, 0.5) is 0 Å². The first-order valence-electron chi connectivity index (χ1n) is 6.13. The van der Waals surface area contributed by atoms with Gasteiger partial charge in [-0.25, -0.2) is 0 Å². The van der Waals surface area contributed by atoms with E-state index in [-0.39, 0.29) is 11.5 Å². The highest BCUT2D eigenvalue weighted by Crippen LogP contribution is 2.50. The fourth-order valence-electron chi connectivity index (χ4n) is 2.64. The fraction of sp³-hybridized carbons (Fsp3) is 0.333. The molecule has 0 radical (unpaired) electrons. The van der Waals surface area contributed by atoms with Gasteiger partial charge in [0.15, 0.2) is 0 Å². The third-order valence-corrected chi connectivity index (χ3v) is 3.88. The van der Waals surface area contributed by atoms with Crippen molar-refractivity contribution in [3.05, 3.63) is 60.1 Å². The molecule has 0 amide bonds. The van der Waals surface area contributed by atoms with Gasteiger partial charge in [-0.2, -0.15) is 0 Å². The first kappa shape index (κ1) is 10.6. The highest BCUT2D eigenvalue weighted by Gasteiger charge is 2.48. The second-order valence-corrected chi connectivity index (χ2v) is 4.96. The zero-order chi connectivity index (χ0) is 11.7. The Labute approximate surface area is 101 Å². The Morgan fingerprint density at radius 1 is 1.18 bits per heavy atom. The minimum atomic E-state index is 0.183. The van der Waals surface area contributed by atoms with E-state index in [1.165, 1.54) is 24.0 Å². The first-order valence-corrected chi connectivity index (χ1v) is 6.13. The van der Waals surface area contributed by atoms with Gasteiger partial charge in [-0.15, -0.1) is 0 Å². The molecule has 1 atom stereocenters. The van der Waals surface area contributed by atoms with Crippen LogP contribution in [0.25, 0.3) is 0 Å². The lowest BCUT2D eigenvalue weighted by Crippen LogP contribution is -2.36. The number of hydrogen-bond acceptors (Lipinski definition) is 2. The van der Waals surface area contributed by atoms with Gasteiger partial charge in [0, 0.05) is 11.5 Å². The number of nitrogens with two attached hydrogens (primary N) is 1. The van der Waals surface area contributed by atoms with Gasteiger partial charge in [-0.05, 0) is 36.5 Å². The number of benzene rings is 1. The Morgan fingerprint density at radius 2 is 1.94 bits per heavy atom. The lowest BCUT2D eigenvalue weighted by atomic mass is 9.85. The maximum absolute atomic E-state index is 6.40. The van der Waals surface area contributed by atoms with Crippen LogP contribution in [0, 0.1) is 0 Å². The molecule has 2 heteroatoms. The van der Waals surface area contributed by atoms with Crippen LogP contribution in [-0.2, 0) is 11.8 Å². The summed E-state index contributed by atoms with van der Waals surface area (Å²) in [5.74, 6) is 0. The molecule has 0 bridgehead atoms. The van der Waals surface area contributed by atoms with E-state index in [4.69, 9.17) is 10.2 Å². The van der Waals surface area contributed by atoms with Gasteiger partial charge in [0.05, 0.1) is 12.5 Å². The molecule has 88 valence electrons. The smallest absolute Gasteiger partial charge is 0.0935 e. The van der Waals surface area contributed by atoms with E-state index in [1.54, 1.807) is 12.5 Å². The molecule has 0 spiro atoms. The summed E-state index contributed by atoms with van der Waals surface area (Å²) in [4.78, 5) is 0.